The summed E-state index contributed by atoms with van der Waals surface area (Å²) < 4.78 is 26.0. The zero-order chi connectivity index (χ0) is 16.8. The van der Waals surface area contributed by atoms with Crippen LogP contribution in [0.5, 0.6) is 0 Å². The number of hydrogen-bond acceptors (Lipinski definition) is 3. The minimum absolute atomic E-state index is 0.0320. The molecule has 4 nitrogen and oxygen atoms in total. The van der Waals surface area contributed by atoms with E-state index in [-0.39, 0.29) is 22.4 Å². The molecule has 0 N–H and O–H groups in total. The number of sulfonamides is 1. The lowest BCUT2D eigenvalue weighted by Crippen LogP contribution is -2.29. The van der Waals surface area contributed by atoms with Crippen molar-refractivity contribution in [2.75, 3.05) is 0 Å². The van der Waals surface area contributed by atoms with Gasteiger partial charge in [-0.1, -0.05) is 57.2 Å². The molecule has 0 bridgehead atoms. The van der Waals surface area contributed by atoms with Crippen LogP contribution in [-0.2, 0) is 22.0 Å². The summed E-state index contributed by atoms with van der Waals surface area (Å²) >= 11 is 0. The van der Waals surface area contributed by atoms with Crippen molar-refractivity contribution in [1.29, 1.82) is 0 Å². The fraction of sp³-hybridized carbons (Fsp3) is 0.278. The molecule has 0 aliphatic carbocycles. The van der Waals surface area contributed by atoms with Crippen molar-refractivity contribution in [1.82, 2.24) is 4.31 Å². The summed E-state index contributed by atoms with van der Waals surface area (Å²) in [6.07, 6.45) is 0. The maximum atomic E-state index is 12.5. The molecule has 1 aliphatic heterocycles. The summed E-state index contributed by atoms with van der Waals surface area (Å²) in [7, 11) is -3.75. The summed E-state index contributed by atoms with van der Waals surface area (Å²) in [5.41, 5.74) is 2.24. The fourth-order valence-corrected chi connectivity index (χ4v) is 4.22. The Morgan fingerprint density at radius 2 is 1.57 bits per heavy atom. The van der Waals surface area contributed by atoms with E-state index in [9.17, 15) is 13.2 Å². The van der Waals surface area contributed by atoms with E-state index in [4.69, 9.17) is 0 Å². The molecule has 5 heteroatoms. The highest BCUT2D eigenvalue weighted by Crippen LogP contribution is 2.31. The third-order valence-electron chi connectivity index (χ3n) is 4.06. The Morgan fingerprint density at radius 1 is 0.957 bits per heavy atom. The summed E-state index contributed by atoms with van der Waals surface area (Å²) in [5.74, 6) is -0.458. The van der Waals surface area contributed by atoms with Crippen LogP contribution in [0.25, 0.3) is 0 Å². The van der Waals surface area contributed by atoms with E-state index in [2.05, 4.69) is 20.8 Å². The maximum Gasteiger partial charge on any atom is 0.269 e. The van der Waals surface area contributed by atoms with E-state index >= 15 is 0 Å². The summed E-state index contributed by atoms with van der Waals surface area (Å²) in [6.45, 7) is 6.41. The molecule has 0 aromatic heterocycles. The standard InChI is InChI=1S/C18H19NO3S/c1-18(2,3)14-10-8-13(9-11-14)12-19-17(20)15-6-4-5-7-16(15)23(19,21)22/h4-11H,12H2,1-3H3. The summed E-state index contributed by atoms with van der Waals surface area (Å²) in [4.78, 5) is 12.5. The first-order valence-electron chi connectivity index (χ1n) is 7.47. The van der Waals surface area contributed by atoms with Gasteiger partial charge in [0.2, 0.25) is 0 Å². The molecule has 0 saturated carbocycles. The first-order chi connectivity index (χ1) is 10.7. The number of nitrogens with zero attached hydrogens (tertiary/aromatic N) is 1. The van der Waals surface area contributed by atoms with Crippen molar-refractivity contribution in [2.45, 2.75) is 37.6 Å². The van der Waals surface area contributed by atoms with Gasteiger partial charge >= 0.3 is 0 Å². The number of fused-ring (bicyclic) bond motifs is 1. The molecule has 0 spiro atoms. The highest BCUT2D eigenvalue weighted by Gasteiger charge is 2.40. The molecule has 0 fully saturated rings. The third-order valence-corrected chi connectivity index (χ3v) is 5.85. The van der Waals surface area contributed by atoms with Crippen molar-refractivity contribution in [3.05, 3.63) is 65.2 Å². The molecular weight excluding hydrogens is 310 g/mol. The number of benzene rings is 2. The van der Waals surface area contributed by atoms with Crippen molar-refractivity contribution in [3.8, 4) is 0 Å². The molecule has 1 heterocycles. The molecule has 2 aromatic carbocycles. The minimum atomic E-state index is -3.75. The van der Waals surface area contributed by atoms with E-state index in [1.54, 1.807) is 18.2 Å². The molecule has 23 heavy (non-hydrogen) atoms. The monoisotopic (exact) mass is 329 g/mol. The lowest BCUT2D eigenvalue weighted by atomic mass is 9.87. The topological polar surface area (TPSA) is 54.5 Å². The van der Waals surface area contributed by atoms with E-state index in [1.807, 2.05) is 24.3 Å². The van der Waals surface area contributed by atoms with Gasteiger partial charge < -0.3 is 0 Å². The van der Waals surface area contributed by atoms with Crippen LogP contribution >= 0.6 is 0 Å². The van der Waals surface area contributed by atoms with E-state index in [0.29, 0.717) is 0 Å². The van der Waals surface area contributed by atoms with Crippen LogP contribution in [-0.4, -0.2) is 18.6 Å². The van der Waals surface area contributed by atoms with Gasteiger partial charge in [0, 0.05) is 0 Å². The Kier molecular flexibility index (Phi) is 3.56. The van der Waals surface area contributed by atoms with Crippen LogP contribution in [0.1, 0.15) is 42.3 Å². The van der Waals surface area contributed by atoms with Crippen LogP contribution < -0.4 is 0 Å². The highest BCUT2D eigenvalue weighted by molar-refractivity contribution is 7.90. The Labute approximate surface area is 136 Å². The number of carbonyl (C=O) groups is 1. The molecule has 1 amide bonds. The SMILES string of the molecule is CC(C)(C)c1ccc(CN2C(=O)c3ccccc3S2(=O)=O)cc1. The van der Waals surface area contributed by atoms with Gasteiger partial charge in [-0.15, -0.1) is 0 Å². The number of rotatable bonds is 2. The molecule has 2 aromatic rings. The Hall–Kier alpha value is -2.14. The van der Waals surface area contributed by atoms with Gasteiger partial charge in [-0.25, -0.2) is 12.7 Å². The normalized spacial score (nSPS) is 16.5. The Balaban J connectivity index is 1.91. The van der Waals surface area contributed by atoms with Crippen LogP contribution in [0.2, 0.25) is 0 Å². The largest absolute Gasteiger partial charge is 0.269 e. The predicted octanol–water partition coefficient (Wildman–Crippen LogP) is 3.33. The molecule has 0 radical (unpaired) electrons. The van der Waals surface area contributed by atoms with E-state index in [0.717, 1.165) is 9.87 Å². The Bertz CT molecular complexity index is 862. The first-order valence-corrected chi connectivity index (χ1v) is 8.91. The minimum Gasteiger partial charge on any atom is -0.268 e. The van der Waals surface area contributed by atoms with Crippen molar-refractivity contribution in [3.63, 3.8) is 0 Å². The lowest BCUT2D eigenvalue weighted by Gasteiger charge is -2.20. The molecule has 0 atom stereocenters. The van der Waals surface area contributed by atoms with Crippen molar-refractivity contribution >= 4 is 15.9 Å². The van der Waals surface area contributed by atoms with Crippen LogP contribution in [0.3, 0.4) is 0 Å². The van der Waals surface area contributed by atoms with E-state index in [1.165, 1.54) is 11.6 Å². The second-order valence-corrected chi connectivity index (χ2v) is 8.59. The molecule has 3 rings (SSSR count). The molecule has 1 aliphatic rings. The van der Waals surface area contributed by atoms with Crippen LogP contribution in [0, 0.1) is 0 Å². The quantitative estimate of drug-likeness (QED) is 0.849. The van der Waals surface area contributed by atoms with Gasteiger partial charge in [0.1, 0.15) is 4.90 Å². The molecular formula is C18H19NO3S. The number of carbonyl (C=O) groups excluding carboxylic acids is 1. The highest BCUT2D eigenvalue weighted by atomic mass is 32.2. The second-order valence-electron chi connectivity index (χ2n) is 6.76. The second kappa shape index (κ2) is 5.20. The van der Waals surface area contributed by atoms with Crippen molar-refractivity contribution < 1.29 is 13.2 Å². The number of amides is 1. The average molecular weight is 329 g/mol. The first kappa shape index (κ1) is 15.7. The maximum absolute atomic E-state index is 12.5. The van der Waals surface area contributed by atoms with Gasteiger partial charge in [0.15, 0.2) is 0 Å². The van der Waals surface area contributed by atoms with Crippen LogP contribution in [0.4, 0.5) is 0 Å². The zero-order valence-electron chi connectivity index (χ0n) is 13.4. The smallest absolute Gasteiger partial charge is 0.268 e. The molecule has 0 unspecified atom stereocenters. The van der Waals surface area contributed by atoms with Gasteiger partial charge in [-0.2, -0.15) is 0 Å². The number of hydrogen-bond donors (Lipinski definition) is 0. The van der Waals surface area contributed by atoms with Gasteiger partial charge in [-0.3, -0.25) is 4.79 Å². The van der Waals surface area contributed by atoms with Gasteiger partial charge in [0.25, 0.3) is 15.9 Å². The summed E-state index contributed by atoms with van der Waals surface area (Å²) in [5, 5.41) is 0. The zero-order valence-corrected chi connectivity index (χ0v) is 14.2. The predicted molar refractivity (Wildman–Crippen MR) is 88.6 cm³/mol. The van der Waals surface area contributed by atoms with Gasteiger partial charge in [-0.05, 0) is 28.7 Å². The van der Waals surface area contributed by atoms with Crippen LogP contribution in [0.15, 0.2) is 53.4 Å². The summed E-state index contributed by atoms with van der Waals surface area (Å²) in [6, 6.07) is 14.1. The Morgan fingerprint density at radius 3 is 2.13 bits per heavy atom. The van der Waals surface area contributed by atoms with Gasteiger partial charge in [0.05, 0.1) is 12.1 Å². The molecule has 120 valence electrons. The lowest BCUT2D eigenvalue weighted by molar-refractivity contribution is 0.0865. The van der Waals surface area contributed by atoms with E-state index < -0.39 is 15.9 Å². The third kappa shape index (κ3) is 2.65. The molecule has 0 saturated heterocycles. The fourth-order valence-electron chi connectivity index (χ4n) is 2.66. The van der Waals surface area contributed by atoms with Crippen molar-refractivity contribution in [2.24, 2.45) is 0 Å². The average Bonchev–Trinajstić information content (AvgIpc) is 2.69.